The Labute approximate surface area is 85.8 Å². The average Bonchev–Trinajstić information content (AvgIpc) is 2.19. The van der Waals surface area contributed by atoms with Crippen LogP contribution in [-0.4, -0.2) is 11.7 Å². The van der Waals surface area contributed by atoms with E-state index >= 15 is 0 Å². The molecule has 0 saturated heterocycles. The van der Waals surface area contributed by atoms with Gasteiger partial charge in [-0.3, -0.25) is 0 Å². The quantitative estimate of drug-likeness (QED) is 0.767. The van der Waals surface area contributed by atoms with Crippen LogP contribution in [0.4, 0.5) is 0 Å². The van der Waals surface area contributed by atoms with Gasteiger partial charge in [0.15, 0.2) is 0 Å². The number of aliphatic hydroxyl groups is 1. The lowest BCUT2D eigenvalue weighted by Gasteiger charge is -2.28. The predicted molar refractivity (Wildman–Crippen MR) is 59.0 cm³/mol. The molecule has 1 unspecified atom stereocenters. The molecule has 1 rings (SSSR count). The number of aryl methyl sites for hydroxylation is 1. The third-order valence-electron chi connectivity index (χ3n) is 2.82. The number of aliphatic hydroxyl groups excluding tert-OH is 1. The van der Waals surface area contributed by atoms with Crippen LogP contribution in [0.3, 0.4) is 0 Å². The first-order valence-corrected chi connectivity index (χ1v) is 5.09. The molecule has 0 aliphatic heterocycles. The highest BCUT2D eigenvalue weighted by atomic mass is 16.3. The van der Waals surface area contributed by atoms with Gasteiger partial charge in [0.25, 0.3) is 0 Å². The van der Waals surface area contributed by atoms with Gasteiger partial charge in [0.05, 0.1) is 0 Å². The zero-order valence-corrected chi connectivity index (χ0v) is 8.96. The van der Waals surface area contributed by atoms with Gasteiger partial charge in [-0.25, -0.2) is 0 Å². The molecule has 2 nitrogen and oxygen atoms in total. The van der Waals surface area contributed by atoms with E-state index in [9.17, 15) is 0 Å². The molecular formula is C12H19NO. The maximum absolute atomic E-state index is 8.97. The number of benzene rings is 1. The summed E-state index contributed by atoms with van der Waals surface area (Å²) in [7, 11) is 0. The van der Waals surface area contributed by atoms with Gasteiger partial charge in [-0.05, 0) is 25.3 Å². The molecule has 2 heteroatoms. The van der Waals surface area contributed by atoms with Crippen molar-refractivity contribution >= 4 is 0 Å². The van der Waals surface area contributed by atoms with Crippen LogP contribution in [0.5, 0.6) is 0 Å². The van der Waals surface area contributed by atoms with Crippen LogP contribution in [0, 0.1) is 6.92 Å². The normalized spacial score (nSPS) is 15.1. The van der Waals surface area contributed by atoms with Gasteiger partial charge >= 0.3 is 0 Å². The highest BCUT2D eigenvalue weighted by molar-refractivity contribution is 5.27. The Hall–Kier alpha value is -0.860. The number of rotatable bonds is 4. The van der Waals surface area contributed by atoms with Crippen LogP contribution in [-0.2, 0) is 5.54 Å². The Morgan fingerprint density at radius 1 is 1.29 bits per heavy atom. The second kappa shape index (κ2) is 4.58. The van der Waals surface area contributed by atoms with Gasteiger partial charge in [0.1, 0.15) is 0 Å². The maximum atomic E-state index is 8.97. The summed E-state index contributed by atoms with van der Waals surface area (Å²) in [5.41, 5.74) is 8.19. The van der Waals surface area contributed by atoms with Gasteiger partial charge in [-0.2, -0.15) is 0 Å². The predicted octanol–water partition coefficient (Wildman–Crippen LogP) is 1.94. The fourth-order valence-corrected chi connectivity index (χ4v) is 1.61. The van der Waals surface area contributed by atoms with E-state index in [1.54, 1.807) is 0 Å². The van der Waals surface area contributed by atoms with Crippen molar-refractivity contribution in [2.45, 2.75) is 32.2 Å². The van der Waals surface area contributed by atoms with E-state index in [-0.39, 0.29) is 12.1 Å². The van der Waals surface area contributed by atoms with Crippen LogP contribution < -0.4 is 5.73 Å². The van der Waals surface area contributed by atoms with E-state index in [0.29, 0.717) is 6.42 Å². The van der Waals surface area contributed by atoms with Crippen LogP contribution in [0.2, 0.25) is 0 Å². The lowest BCUT2D eigenvalue weighted by atomic mass is 9.85. The number of hydrogen-bond donors (Lipinski definition) is 2. The summed E-state index contributed by atoms with van der Waals surface area (Å²) in [6.07, 6.45) is 1.46. The first-order chi connectivity index (χ1) is 6.62. The highest BCUT2D eigenvalue weighted by Gasteiger charge is 2.23. The Balaban J connectivity index is 2.94. The van der Waals surface area contributed by atoms with Crippen molar-refractivity contribution in [2.75, 3.05) is 6.61 Å². The van der Waals surface area contributed by atoms with E-state index in [4.69, 9.17) is 10.8 Å². The van der Waals surface area contributed by atoms with Gasteiger partial charge < -0.3 is 10.8 Å². The third-order valence-corrected chi connectivity index (χ3v) is 2.82. The minimum atomic E-state index is -0.373. The van der Waals surface area contributed by atoms with Crippen LogP contribution >= 0.6 is 0 Å². The second-order valence-corrected chi connectivity index (χ2v) is 3.85. The van der Waals surface area contributed by atoms with Crippen molar-refractivity contribution in [3.8, 4) is 0 Å². The van der Waals surface area contributed by atoms with E-state index in [1.165, 1.54) is 5.56 Å². The van der Waals surface area contributed by atoms with Crippen LogP contribution in [0.15, 0.2) is 24.3 Å². The summed E-state index contributed by atoms with van der Waals surface area (Å²) in [6.45, 7) is 4.24. The summed E-state index contributed by atoms with van der Waals surface area (Å²) in [6, 6.07) is 8.22. The number of nitrogens with two attached hydrogens (primary N) is 1. The smallest absolute Gasteiger partial charge is 0.0451 e. The van der Waals surface area contributed by atoms with Crippen LogP contribution in [0.25, 0.3) is 0 Å². The van der Waals surface area contributed by atoms with Gasteiger partial charge in [0.2, 0.25) is 0 Å². The molecule has 0 bridgehead atoms. The molecule has 0 aromatic heterocycles. The molecule has 78 valence electrons. The van der Waals surface area contributed by atoms with Gasteiger partial charge in [-0.1, -0.05) is 36.8 Å². The summed E-state index contributed by atoms with van der Waals surface area (Å²) < 4.78 is 0. The minimum Gasteiger partial charge on any atom is -0.396 e. The molecule has 0 amide bonds. The Kier molecular flexibility index (Phi) is 3.67. The fraction of sp³-hybridized carbons (Fsp3) is 0.500. The van der Waals surface area contributed by atoms with Crippen molar-refractivity contribution in [1.82, 2.24) is 0 Å². The summed E-state index contributed by atoms with van der Waals surface area (Å²) in [5.74, 6) is 0. The molecule has 1 aromatic rings. The van der Waals surface area contributed by atoms with E-state index in [2.05, 4.69) is 38.1 Å². The van der Waals surface area contributed by atoms with Crippen molar-refractivity contribution in [1.29, 1.82) is 0 Å². The molecule has 0 spiro atoms. The molecule has 14 heavy (non-hydrogen) atoms. The van der Waals surface area contributed by atoms with Crippen molar-refractivity contribution < 1.29 is 5.11 Å². The molecule has 0 heterocycles. The Morgan fingerprint density at radius 3 is 2.29 bits per heavy atom. The third kappa shape index (κ3) is 2.34. The fourth-order valence-electron chi connectivity index (χ4n) is 1.61. The van der Waals surface area contributed by atoms with Gasteiger partial charge in [0, 0.05) is 12.1 Å². The minimum absolute atomic E-state index is 0.137. The maximum Gasteiger partial charge on any atom is 0.0451 e. The summed E-state index contributed by atoms with van der Waals surface area (Å²) in [5, 5.41) is 8.97. The summed E-state index contributed by atoms with van der Waals surface area (Å²) in [4.78, 5) is 0. The summed E-state index contributed by atoms with van der Waals surface area (Å²) >= 11 is 0. The second-order valence-electron chi connectivity index (χ2n) is 3.85. The number of hydrogen-bond acceptors (Lipinski definition) is 2. The van der Waals surface area contributed by atoms with Crippen LogP contribution in [0.1, 0.15) is 30.9 Å². The van der Waals surface area contributed by atoms with Gasteiger partial charge in [-0.15, -0.1) is 0 Å². The molecule has 0 radical (unpaired) electrons. The van der Waals surface area contributed by atoms with Crippen molar-refractivity contribution in [3.63, 3.8) is 0 Å². The molecule has 0 saturated carbocycles. The lowest BCUT2D eigenvalue weighted by Crippen LogP contribution is -2.36. The monoisotopic (exact) mass is 193 g/mol. The Morgan fingerprint density at radius 2 is 1.86 bits per heavy atom. The van der Waals surface area contributed by atoms with E-state index in [0.717, 1.165) is 12.0 Å². The van der Waals surface area contributed by atoms with Crippen molar-refractivity contribution in [2.24, 2.45) is 5.73 Å². The standard InChI is InChI=1S/C12H19NO/c1-3-12(13,8-9-14)11-6-4-10(2)5-7-11/h4-7,14H,3,8-9,13H2,1-2H3. The molecular weight excluding hydrogens is 174 g/mol. The first kappa shape index (κ1) is 11.2. The molecule has 3 N–H and O–H groups in total. The molecule has 0 fully saturated rings. The van der Waals surface area contributed by atoms with E-state index in [1.807, 2.05) is 0 Å². The lowest BCUT2D eigenvalue weighted by molar-refractivity contribution is 0.235. The molecule has 0 aliphatic rings. The molecule has 1 aromatic carbocycles. The largest absolute Gasteiger partial charge is 0.396 e. The molecule has 1 atom stereocenters. The average molecular weight is 193 g/mol. The highest BCUT2D eigenvalue weighted by Crippen LogP contribution is 2.25. The van der Waals surface area contributed by atoms with Crippen molar-refractivity contribution in [3.05, 3.63) is 35.4 Å². The Bertz CT molecular complexity index is 281. The topological polar surface area (TPSA) is 46.2 Å². The zero-order chi connectivity index (χ0) is 10.6. The molecule has 0 aliphatic carbocycles. The van der Waals surface area contributed by atoms with E-state index < -0.39 is 0 Å². The zero-order valence-electron chi connectivity index (χ0n) is 8.96. The SMILES string of the molecule is CCC(N)(CCO)c1ccc(C)cc1. The first-order valence-electron chi connectivity index (χ1n) is 5.09.